The Balaban J connectivity index is 1.19. The topological polar surface area (TPSA) is 59.1 Å². The molecule has 0 radical (unpaired) electrons. The van der Waals surface area contributed by atoms with Crippen molar-refractivity contribution in [2.75, 3.05) is 26.7 Å². The van der Waals surface area contributed by atoms with Crippen LogP contribution in [-0.2, 0) is 16.1 Å². The van der Waals surface area contributed by atoms with Gasteiger partial charge in [-0.1, -0.05) is 42.5 Å². The van der Waals surface area contributed by atoms with Gasteiger partial charge in [0.1, 0.15) is 6.61 Å². The van der Waals surface area contributed by atoms with E-state index in [9.17, 15) is 9.59 Å². The number of nitrogens with zero attached hydrogens (tertiary/aromatic N) is 2. The monoisotopic (exact) mass is 422 g/mol. The molecule has 1 unspecified atom stereocenters. The number of likely N-dealkylation sites (tertiary alicyclic amines) is 1. The molecule has 0 bridgehead atoms. The number of piperidine rings is 1. The molecular formula is C25H30N2O4. The zero-order valence-corrected chi connectivity index (χ0v) is 18.0. The molecule has 6 heteroatoms. The van der Waals surface area contributed by atoms with Gasteiger partial charge in [-0.3, -0.25) is 9.59 Å². The zero-order valence-electron chi connectivity index (χ0n) is 18.0. The molecule has 2 aliphatic heterocycles. The fraction of sp³-hybridized carbons (Fsp3) is 0.440. The summed E-state index contributed by atoms with van der Waals surface area (Å²) in [5.74, 6) is 1.95. The molecule has 2 aliphatic rings. The number of benzene rings is 2. The fourth-order valence-corrected chi connectivity index (χ4v) is 4.25. The number of para-hydroxylation sites is 2. The molecule has 1 fully saturated rings. The normalized spacial score (nSPS) is 18.5. The summed E-state index contributed by atoms with van der Waals surface area (Å²) in [5.41, 5.74) is 1.14. The molecule has 0 spiro atoms. The highest BCUT2D eigenvalue weighted by Crippen LogP contribution is 2.32. The Bertz CT molecular complexity index is 893. The third-order valence-electron chi connectivity index (χ3n) is 6.17. The number of carbonyl (C=O) groups is 2. The van der Waals surface area contributed by atoms with E-state index >= 15 is 0 Å². The number of rotatable bonds is 6. The van der Waals surface area contributed by atoms with Crippen molar-refractivity contribution in [1.82, 2.24) is 9.80 Å². The molecular weight excluding hydrogens is 392 g/mol. The minimum atomic E-state index is -0.584. The van der Waals surface area contributed by atoms with Crippen molar-refractivity contribution < 1.29 is 19.1 Å². The molecule has 31 heavy (non-hydrogen) atoms. The van der Waals surface area contributed by atoms with Gasteiger partial charge in [-0.05, 0) is 42.9 Å². The first kappa shape index (κ1) is 21.2. The summed E-state index contributed by atoms with van der Waals surface area (Å²) >= 11 is 0. The van der Waals surface area contributed by atoms with Gasteiger partial charge in [-0.15, -0.1) is 0 Å². The summed E-state index contributed by atoms with van der Waals surface area (Å²) < 4.78 is 11.5. The highest BCUT2D eigenvalue weighted by Gasteiger charge is 2.33. The fourth-order valence-electron chi connectivity index (χ4n) is 4.25. The average molecular weight is 423 g/mol. The third-order valence-corrected chi connectivity index (χ3v) is 6.17. The molecule has 6 nitrogen and oxygen atoms in total. The van der Waals surface area contributed by atoms with Crippen molar-refractivity contribution in [1.29, 1.82) is 0 Å². The molecule has 0 aliphatic carbocycles. The van der Waals surface area contributed by atoms with Gasteiger partial charge >= 0.3 is 0 Å². The van der Waals surface area contributed by atoms with Crippen LogP contribution in [0.15, 0.2) is 54.6 Å². The summed E-state index contributed by atoms with van der Waals surface area (Å²) in [5, 5.41) is 0. The molecule has 1 atom stereocenters. The molecule has 2 aromatic rings. The second-order valence-corrected chi connectivity index (χ2v) is 8.41. The predicted molar refractivity (Wildman–Crippen MR) is 118 cm³/mol. The summed E-state index contributed by atoms with van der Waals surface area (Å²) in [6, 6.07) is 17.5. The maximum absolute atomic E-state index is 12.9. The first-order valence-corrected chi connectivity index (χ1v) is 11.1. The van der Waals surface area contributed by atoms with Crippen molar-refractivity contribution in [3.63, 3.8) is 0 Å². The van der Waals surface area contributed by atoms with Crippen LogP contribution < -0.4 is 9.47 Å². The molecule has 4 rings (SSSR count). The Morgan fingerprint density at radius 2 is 1.68 bits per heavy atom. The van der Waals surface area contributed by atoms with E-state index in [1.54, 1.807) is 4.90 Å². The van der Waals surface area contributed by atoms with Gasteiger partial charge in [0, 0.05) is 33.1 Å². The highest BCUT2D eigenvalue weighted by atomic mass is 16.6. The molecule has 0 N–H and O–H groups in total. The number of hydrogen-bond acceptors (Lipinski definition) is 4. The smallest absolute Gasteiger partial charge is 0.267 e. The Hall–Kier alpha value is -3.02. The standard InChI is InChI=1S/C25H30N2O4/c1-26(17-20-7-3-2-4-8-20)24(28)12-11-19-13-15-27(16-14-19)25(29)23-18-30-21-9-5-6-10-22(21)31-23/h2-10,19,23H,11-18H2,1H3. The van der Waals surface area contributed by atoms with E-state index in [1.807, 2.05) is 66.5 Å². The van der Waals surface area contributed by atoms with E-state index in [2.05, 4.69) is 0 Å². The molecule has 164 valence electrons. The molecule has 0 saturated carbocycles. The second kappa shape index (κ2) is 9.86. The van der Waals surface area contributed by atoms with Crippen molar-refractivity contribution >= 4 is 11.8 Å². The first-order valence-electron chi connectivity index (χ1n) is 11.1. The molecule has 1 saturated heterocycles. The van der Waals surface area contributed by atoms with Crippen LogP contribution in [0.4, 0.5) is 0 Å². The maximum atomic E-state index is 12.9. The lowest BCUT2D eigenvalue weighted by molar-refractivity contribution is -0.142. The number of amides is 2. The van der Waals surface area contributed by atoms with Crippen LogP contribution in [0.3, 0.4) is 0 Å². The summed E-state index contributed by atoms with van der Waals surface area (Å²) in [7, 11) is 1.86. The molecule has 0 aromatic heterocycles. The van der Waals surface area contributed by atoms with Gasteiger partial charge in [-0.2, -0.15) is 0 Å². The van der Waals surface area contributed by atoms with Crippen LogP contribution in [-0.4, -0.2) is 54.5 Å². The maximum Gasteiger partial charge on any atom is 0.267 e. The molecule has 2 heterocycles. The van der Waals surface area contributed by atoms with Gasteiger partial charge in [-0.25, -0.2) is 0 Å². The van der Waals surface area contributed by atoms with Crippen LogP contribution in [0.1, 0.15) is 31.2 Å². The lowest BCUT2D eigenvalue weighted by atomic mass is 9.91. The minimum absolute atomic E-state index is 0.00776. The van der Waals surface area contributed by atoms with Crippen LogP contribution in [0, 0.1) is 5.92 Å². The number of fused-ring (bicyclic) bond motifs is 1. The molecule has 2 amide bonds. The van der Waals surface area contributed by atoms with Crippen molar-refractivity contribution in [3.05, 3.63) is 60.2 Å². The molecule has 2 aromatic carbocycles. The van der Waals surface area contributed by atoms with Crippen LogP contribution in [0.25, 0.3) is 0 Å². The van der Waals surface area contributed by atoms with E-state index < -0.39 is 6.10 Å². The van der Waals surface area contributed by atoms with Gasteiger partial charge in [0.2, 0.25) is 12.0 Å². The summed E-state index contributed by atoms with van der Waals surface area (Å²) in [4.78, 5) is 29.0. The van der Waals surface area contributed by atoms with Crippen LogP contribution in [0.2, 0.25) is 0 Å². The Morgan fingerprint density at radius 1 is 1.00 bits per heavy atom. The second-order valence-electron chi connectivity index (χ2n) is 8.41. The first-order chi connectivity index (χ1) is 15.1. The van der Waals surface area contributed by atoms with E-state index in [0.29, 0.717) is 43.5 Å². The zero-order chi connectivity index (χ0) is 21.6. The quantitative estimate of drug-likeness (QED) is 0.715. The number of ether oxygens (including phenoxy) is 2. The highest BCUT2D eigenvalue weighted by molar-refractivity contribution is 5.82. The third kappa shape index (κ3) is 5.37. The van der Waals surface area contributed by atoms with E-state index in [1.165, 1.54) is 0 Å². The van der Waals surface area contributed by atoms with Gasteiger partial charge in [0.15, 0.2) is 11.5 Å². The summed E-state index contributed by atoms with van der Waals surface area (Å²) in [6.07, 6.45) is 2.69. The lowest BCUT2D eigenvalue weighted by Crippen LogP contribution is -2.49. The van der Waals surface area contributed by atoms with Gasteiger partial charge in [0.05, 0.1) is 0 Å². The van der Waals surface area contributed by atoms with E-state index in [0.717, 1.165) is 24.8 Å². The van der Waals surface area contributed by atoms with E-state index in [4.69, 9.17) is 9.47 Å². The van der Waals surface area contributed by atoms with Gasteiger partial charge in [0.25, 0.3) is 5.91 Å². The average Bonchev–Trinajstić information content (AvgIpc) is 2.82. The summed E-state index contributed by atoms with van der Waals surface area (Å²) in [6.45, 7) is 2.30. The Morgan fingerprint density at radius 3 is 2.42 bits per heavy atom. The number of carbonyl (C=O) groups excluding carboxylic acids is 2. The van der Waals surface area contributed by atoms with Crippen molar-refractivity contribution in [2.45, 2.75) is 38.3 Å². The lowest BCUT2D eigenvalue weighted by Gasteiger charge is -2.35. The van der Waals surface area contributed by atoms with Gasteiger partial charge < -0.3 is 19.3 Å². The Kier molecular flexibility index (Phi) is 6.75. The van der Waals surface area contributed by atoms with E-state index in [-0.39, 0.29) is 18.4 Å². The predicted octanol–water partition coefficient (Wildman–Crippen LogP) is 3.50. The van der Waals surface area contributed by atoms with Crippen molar-refractivity contribution in [3.8, 4) is 11.5 Å². The van der Waals surface area contributed by atoms with Crippen LogP contribution in [0.5, 0.6) is 11.5 Å². The largest absolute Gasteiger partial charge is 0.485 e. The Labute approximate surface area is 183 Å². The number of hydrogen-bond donors (Lipinski definition) is 0. The van der Waals surface area contributed by atoms with Crippen LogP contribution >= 0.6 is 0 Å². The SMILES string of the molecule is CN(Cc1ccccc1)C(=O)CCC1CCN(C(=O)C2COc3ccccc3O2)CC1. The minimum Gasteiger partial charge on any atom is -0.485 e. The van der Waals surface area contributed by atoms with Crippen molar-refractivity contribution in [2.24, 2.45) is 5.92 Å².